The molecule has 2 heterocycles. The zero-order valence-corrected chi connectivity index (χ0v) is 45.3. The van der Waals surface area contributed by atoms with Crippen LogP contribution in [0.3, 0.4) is 0 Å². The fourth-order valence-electron chi connectivity index (χ4n) is 8.59. The smallest absolute Gasteiger partial charge is 0.416 e. The quantitative estimate of drug-likeness (QED) is 0.0553. The van der Waals surface area contributed by atoms with E-state index < -0.39 is 52.7 Å². The van der Waals surface area contributed by atoms with Crippen LogP contribution in [0.25, 0.3) is 0 Å². The van der Waals surface area contributed by atoms with Gasteiger partial charge in [-0.15, -0.1) is 0 Å². The third-order valence-electron chi connectivity index (χ3n) is 12.2. The summed E-state index contributed by atoms with van der Waals surface area (Å²) < 4.78 is 104. The number of ether oxygens (including phenoxy) is 4. The molecule has 0 unspecified atom stereocenters. The molecule has 20 heteroatoms. The van der Waals surface area contributed by atoms with Crippen molar-refractivity contribution in [2.24, 2.45) is 0 Å². The number of hydrogen-bond donors (Lipinski definition) is 2. The number of benzene rings is 4. The van der Waals surface area contributed by atoms with E-state index in [1.807, 2.05) is 0 Å². The van der Waals surface area contributed by atoms with Crippen molar-refractivity contribution in [1.29, 1.82) is 0 Å². The average molecular weight is 1090 g/mol. The molecule has 0 aromatic heterocycles. The second-order valence-corrected chi connectivity index (χ2v) is 21.5. The minimum Gasteiger partial charge on any atom is -0.489 e. The minimum absolute atomic E-state index is 0.00359. The molecule has 2 N–H and O–H groups in total. The van der Waals surface area contributed by atoms with Gasteiger partial charge in [0.1, 0.15) is 42.5 Å². The molecule has 0 atom stereocenters. The van der Waals surface area contributed by atoms with E-state index in [9.17, 15) is 50.3 Å². The number of esters is 1. The molecule has 0 spiro atoms. The van der Waals surface area contributed by atoms with E-state index in [0.717, 1.165) is 28.9 Å². The lowest BCUT2D eigenvalue weighted by molar-refractivity contribution is -0.155. The van der Waals surface area contributed by atoms with Gasteiger partial charge in [-0.1, -0.05) is 52.0 Å². The standard InChI is InChI=1S/C33H43F3N2O6.C24H27F3N2O4/c1-21(2)25-11-9-22(17-26(25)33(34,35)36)20-42-24-10-12-27-23(18-24)13-16-38(27)28(39)19-37(30(41)44-32(6,7)8)15-14-29(40)43-31(3,4)5;1-15(2)19-5-3-16(11-20(19)24(25,26)27)14-33-18-4-6-21-17(12-18)8-10-29(21)22(30)13-28-9-7-23(31)32/h9-12,17-18,21H,13-16,19-20H2,1-8H3;3-6,11-12,15,28H,7-10,13-14H2,1-2H3,(H,31,32). The zero-order chi connectivity index (χ0) is 57.2. The van der Waals surface area contributed by atoms with Crippen LogP contribution in [0.5, 0.6) is 11.5 Å². The molecule has 0 saturated carbocycles. The van der Waals surface area contributed by atoms with Gasteiger partial charge in [0.05, 0.1) is 30.5 Å². The van der Waals surface area contributed by atoms with Gasteiger partial charge in [-0.3, -0.25) is 24.1 Å². The number of nitrogens with zero attached hydrogens (tertiary/aromatic N) is 3. The van der Waals surface area contributed by atoms with Crippen LogP contribution in [0.4, 0.5) is 42.5 Å². The van der Waals surface area contributed by atoms with Crippen LogP contribution in [0.1, 0.15) is 138 Å². The molecule has 4 aromatic rings. The Labute approximate surface area is 446 Å². The Kier molecular flexibility index (Phi) is 20.2. The summed E-state index contributed by atoms with van der Waals surface area (Å²) in [5.74, 6) is -1.47. The number of rotatable bonds is 18. The average Bonchev–Trinajstić information content (AvgIpc) is 3.95. The van der Waals surface area contributed by atoms with Crippen molar-refractivity contribution >= 4 is 41.2 Å². The topological polar surface area (TPSA) is 164 Å². The Hall–Kier alpha value is -6.83. The molecule has 2 aliphatic heterocycles. The van der Waals surface area contributed by atoms with E-state index in [2.05, 4.69) is 5.32 Å². The zero-order valence-electron chi connectivity index (χ0n) is 45.3. The van der Waals surface area contributed by atoms with Crippen molar-refractivity contribution in [1.82, 2.24) is 10.2 Å². The number of hydrogen-bond acceptors (Lipinski definition) is 10. The van der Waals surface area contributed by atoms with Crippen LogP contribution < -0.4 is 24.6 Å². The molecule has 14 nitrogen and oxygen atoms in total. The number of nitrogens with one attached hydrogen (secondary N) is 1. The minimum atomic E-state index is -4.46. The molecule has 0 aliphatic carbocycles. The van der Waals surface area contributed by atoms with Gasteiger partial charge in [0.2, 0.25) is 11.8 Å². The van der Waals surface area contributed by atoms with E-state index in [-0.39, 0.29) is 87.0 Å². The van der Waals surface area contributed by atoms with E-state index in [1.54, 1.807) is 128 Å². The Morgan fingerprint density at radius 1 is 0.623 bits per heavy atom. The number of amides is 3. The lowest BCUT2D eigenvalue weighted by Gasteiger charge is -2.29. The summed E-state index contributed by atoms with van der Waals surface area (Å²) in [6, 6.07) is 18.9. The predicted molar refractivity (Wildman–Crippen MR) is 278 cm³/mol. The summed E-state index contributed by atoms with van der Waals surface area (Å²) in [6.07, 6.45) is -8.61. The van der Waals surface area contributed by atoms with Crippen LogP contribution in [0.2, 0.25) is 0 Å². The Morgan fingerprint density at radius 2 is 1.08 bits per heavy atom. The molecule has 0 bridgehead atoms. The number of carboxylic acid groups (broad SMARTS) is 1. The van der Waals surface area contributed by atoms with Gasteiger partial charge >= 0.3 is 30.4 Å². The summed E-state index contributed by atoms with van der Waals surface area (Å²) in [4.78, 5) is 66.0. The Morgan fingerprint density at radius 3 is 1.49 bits per heavy atom. The van der Waals surface area contributed by atoms with Gasteiger partial charge in [0, 0.05) is 37.6 Å². The molecular formula is C57H70F6N4O10. The summed E-state index contributed by atoms with van der Waals surface area (Å²) in [6.45, 7) is 18.0. The summed E-state index contributed by atoms with van der Waals surface area (Å²) in [5.41, 5.74) is 1.68. The fraction of sp³-hybridized carbons (Fsp3) is 0.491. The molecule has 6 rings (SSSR count). The number of alkyl halides is 6. The van der Waals surface area contributed by atoms with Crippen LogP contribution in [0, 0.1) is 0 Å². The molecule has 77 heavy (non-hydrogen) atoms. The van der Waals surface area contributed by atoms with Crippen molar-refractivity contribution in [2.75, 3.05) is 49.1 Å². The third-order valence-corrected chi connectivity index (χ3v) is 12.2. The monoisotopic (exact) mass is 1080 g/mol. The molecule has 420 valence electrons. The van der Waals surface area contributed by atoms with Crippen molar-refractivity contribution in [3.05, 3.63) is 117 Å². The largest absolute Gasteiger partial charge is 0.489 e. The molecular weight excluding hydrogens is 1010 g/mol. The number of anilines is 2. The maximum atomic E-state index is 13.6. The van der Waals surface area contributed by atoms with Crippen LogP contribution in [-0.4, -0.2) is 90.3 Å². The summed E-state index contributed by atoms with van der Waals surface area (Å²) in [7, 11) is 0. The van der Waals surface area contributed by atoms with Crippen LogP contribution in [-0.2, 0) is 67.1 Å². The molecule has 0 fully saturated rings. The van der Waals surface area contributed by atoms with Crippen molar-refractivity contribution < 1.29 is 74.4 Å². The van der Waals surface area contributed by atoms with E-state index in [0.29, 0.717) is 54.2 Å². The molecule has 0 saturated heterocycles. The van der Waals surface area contributed by atoms with E-state index in [1.165, 1.54) is 17.0 Å². The first-order chi connectivity index (χ1) is 35.8. The van der Waals surface area contributed by atoms with Gasteiger partial charge in [-0.05, 0) is 148 Å². The van der Waals surface area contributed by atoms with Gasteiger partial charge in [-0.25, -0.2) is 4.79 Å². The van der Waals surface area contributed by atoms with E-state index in [4.69, 9.17) is 24.1 Å². The Bertz CT molecular complexity index is 2750. The third kappa shape index (κ3) is 18.1. The first-order valence-electron chi connectivity index (χ1n) is 25.4. The maximum Gasteiger partial charge on any atom is 0.416 e. The van der Waals surface area contributed by atoms with Gasteiger partial charge < -0.3 is 39.2 Å². The van der Waals surface area contributed by atoms with Crippen molar-refractivity contribution in [3.63, 3.8) is 0 Å². The van der Waals surface area contributed by atoms with Gasteiger partial charge in [0.15, 0.2) is 0 Å². The highest BCUT2D eigenvalue weighted by Gasteiger charge is 2.36. The normalized spacial score (nSPS) is 13.4. The summed E-state index contributed by atoms with van der Waals surface area (Å²) >= 11 is 0. The highest BCUT2D eigenvalue weighted by atomic mass is 19.4. The number of aliphatic carboxylic acids is 1. The fourth-order valence-corrected chi connectivity index (χ4v) is 8.59. The molecule has 4 aromatic carbocycles. The number of fused-ring (bicyclic) bond motifs is 2. The lowest BCUT2D eigenvalue weighted by atomic mass is 9.95. The van der Waals surface area contributed by atoms with Crippen LogP contribution >= 0.6 is 0 Å². The highest BCUT2D eigenvalue weighted by molar-refractivity contribution is 5.98. The summed E-state index contributed by atoms with van der Waals surface area (Å²) in [5, 5.41) is 11.5. The second-order valence-electron chi connectivity index (χ2n) is 21.5. The van der Waals surface area contributed by atoms with Gasteiger partial charge in [0.25, 0.3) is 0 Å². The van der Waals surface area contributed by atoms with Gasteiger partial charge in [-0.2, -0.15) is 26.3 Å². The second kappa shape index (κ2) is 25.5. The van der Waals surface area contributed by atoms with Crippen molar-refractivity contribution in [3.8, 4) is 11.5 Å². The van der Waals surface area contributed by atoms with Crippen molar-refractivity contribution in [2.45, 2.75) is 144 Å². The predicted octanol–water partition coefficient (Wildman–Crippen LogP) is 11.6. The lowest BCUT2D eigenvalue weighted by Crippen LogP contribution is -2.45. The van der Waals surface area contributed by atoms with Crippen LogP contribution in [0.15, 0.2) is 72.8 Å². The SMILES string of the molecule is CC(C)c1ccc(COc2ccc3c(c2)CCN3C(=O)CN(CCC(=O)OC(C)(C)C)C(=O)OC(C)(C)C)cc1C(F)(F)F.CC(C)c1ccc(COc2ccc3c(c2)CCN3C(=O)CNCCC(=O)O)cc1C(F)(F)F. The highest BCUT2D eigenvalue weighted by Crippen LogP contribution is 2.39. The number of halogens is 6. The molecule has 3 amide bonds. The van der Waals surface area contributed by atoms with E-state index >= 15 is 0 Å². The molecule has 2 aliphatic rings. The maximum absolute atomic E-state index is 13.6. The number of carboxylic acids is 1. The number of carbonyl (C=O) groups excluding carboxylic acids is 4. The first kappa shape index (κ1) is 61.0. The first-order valence-corrected chi connectivity index (χ1v) is 25.4. The molecule has 0 radical (unpaired) electrons. The Balaban J connectivity index is 0.000000296. The number of carbonyl (C=O) groups is 5.